The smallest absolute Gasteiger partial charge is 0.326 e. The average molecular weight is 643 g/mol. The Bertz CT molecular complexity index is 1320. The predicted molar refractivity (Wildman–Crippen MR) is 166 cm³/mol. The molecule has 0 spiro atoms. The summed E-state index contributed by atoms with van der Waals surface area (Å²) < 4.78 is 0. The van der Waals surface area contributed by atoms with Crippen LogP contribution in [0.4, 0.5) is 0 Å². The molecule has 13 nitrogen and oxygen atoms in total. The van der Waals surface area contributed by atoms with E-state index in [0.29, 0.717) is 18.4 Å². The number of aliphatic hydroxyl groups excluding tert-OH is 1. The van der Waals surface area contributed by atoms with Gasteiger partial charge in [-0.25, -0.2) is 4.79 Å². The van der Waals surface area contributed by atoms with Crippen molar-refractivity contribution in [1.82, 2.24) is 20.9 Å². The van der Waals surface area contributed by atoms with Gasteiger partial charge in [0, 0.05) is 31.2 Å². The van der Waals surface area contributed by atoms with Gasteiger partial charge in [0.1, 0.15) is 30.0 Å². The van der Waals surface area contributed by atoms with Crippen molar-refractivity contribution in [1.29, 1.82) is 0 Å². The minimum Gasteiger partial charge on any atom is -0.480 e. The van der Waals surface area contributed by atoms with Crippen molar-refractivity contribution in [3.63, 3.8) is 0 Å². The minimum absolute atomic E-state index is 0.0428. The van der Waals surface area contributed by atoms with Crippen molar-refractivity contribution in [3.05, 3.63) is 35.9 Å². The lowest BCUT2D eigenvalue weighted by atomic mass is 9.92. The summed E-state index contributed by atoms with van der Waals surface area (Å²) in [5, 5.41) is 27.4. The van der Waals surface area contributed by atoms with Gasteiger partial charge in [-0.1, -0.05) is 71.4 Å². The minimum atomic E-state index is -1.39. The molecule has 1 aromatic rings. The van der Waals surface area contributed by atoms with Crippen LogP contribution in [0.3, 0.4) is 0 Å². The number of carboxylic acids is 1. The van der Waals surface area contributed by atoms with Crippen molar-refractivity contribution in [2.75, 3.05) is 6.54 Å². The molecule has 1 unspecified atom stereocenters. The lowest BCUT2D eigenvalue weighted by Gasteiger charge is -2.33. The summed E-state index contributed by atoms with van der Waals surface area (Å²) in [5.41, 5.74) is 0.641. The summed E-state index contributed by atoms with van der Waals surface area (Å²) in [4.78, 5) is 92.6. The first kappa shape index (κ1) is 36.3. The lowest BCUT2D eigenvalue weighted by Crippen LogP contribution is -2.59. The predicted octanol–water partition coefficient (Wildman–Crippen LogP) is 0.616. The Morgan fingerprint density at radius 1 is 0.935 bits per heavy atom. The van der Waals surface area contributed by atoms with E-state index in [-0.39, 0.29) is 31.6 Å². The van der Waals surface area contributed by atoms with Crippen LogP contribution >= 0.6 is 0 Å². The van der Waals surface area contributed by atoms with Crippen LogP contribution in [0.2, 0.25) is 0 Å². The summed E-state index contributed by atoms with van der Waals surface area (Å²) >= 11 is 0. The zero-order valence-corrected chi connectivity index (χ0v) is 27.0. The molecule has 1 aromatic carbocycles. The first-order valence-corrected chi connectivity index (χ1v) is 15.9. The van der Waals surface area contributed by atoms with Crippen LogP contribution in [0.5, 0.6) is 0 Å². The molecule has 1 saturated heterocycles. The van der Waals surface area contributed by atoms with Gasteiger partial charge < -0.3 is 31.1 Å². The summed E-state index contributed by atoms with van der Waals surface area (Å²) in [7, 11) is 0. The van der Waals surface area contributed by atoms with Crippen LogP contribution in [0.1, 0.15) is 65.9 Å². The molecule has 0 bridgehead atoms. The molecule has 46 heavy (non-hydrogen) atoms. The van der Waals surface area contributed by atoms with E-state index in [1.807, 2.05) is 0 Å². The third-order valence-corrected chi connectivity index (χ3v) is 8.79. The number of fused-ring (bicyclic) bond motifs is 1. The average Bonchev–Trinajstić information content (AvgIpc) is 3.57. The number of likely N-dealkylation sites (tertiary alicyclic amines) is 1. The Labute approximate surface area is 268 Å². The maximum Gasteiger partial charge on any atom is 0.326 e. The largest absolute Gasteiger partial charge is 0.480 e. The third-order valence-electron chi connectivity index (χ3n) is 8.79. The molecule has 13 heteroatoms. The highest BCUT2D eigenvalue weighted by Gasteiger charge is 2.54. The Balaban J connectivity index is 1.81. The van der Waals surface area contributed by atoms with E-state index in [2.05, 4.69) is 16.0 Å². The number of rotatable bonds is 15. The maximum atomic E-state index is 13.9. The van der Waals surface area contributed by atoms with Gasteiger partial charge >= 0.3 is 5.97 Å². The van der Waals surface area contributed by atoms with Crippen molar-refractivity contribution < 1.29 is 43.8 Å². The lowest BCUT2D eigenvalue weighted by molar-refractivity contribution is -0.147. The van der Waals surface area contributed by atoms with E-state index >= 15 is 0 Å². The van der Waals surface area contributed by atoms with E-state index in [1.54, 1.807) is 65.0 Å². The van der Waals surface area contributed by atoms with Gasteiger partial charge in [0.2, 0.25) is 23.5 Å². The number of nitrogens with one attached hydrogen (secondary N) is 3. The fourth-order valence-corrected chi connectivity index (χ4v) is 6.15. The SMILES string of the molecule is CCCC(NC(=O)[C@@H]1[C@H]2CCC(=O)[C@H]2CN1C(=O)[C@@H](NC(=O)[C@H](O)C(C)C)C(C)C)C(=O)C(=O)N[C@@H](Cc1ccccc1)C(=O)O. The van der Waals surface area contributed by atoms with Crippen molar-refractivity contribution in [3.8, 4) is 0 Å². The first-order chi connectivity index (χ1) is 21.7. The molecule has 1 heterocycles. The van der Waals surface area contributed by atoms with Crippen molar-refractivity contribution in [2.24, 2.45) is 23.7 Å². The zero-order valence-electron chi connectivity index (χ0n) is 27.0. The molecular formula is C33H46N4O9. The number of hydrogen-bond acceptors (Lipinski definition) is 8. The van der Waals surface area contributed by atoms with E-state index in [4.69, 9.17) is 0 Å². The molecule has 7 atom stereocenters. The molecule has 5 N–H and O–H groups in total. The highest BCUT2D eigenvalue weighted by atomic mass is 16.4. The van der Waals surface area contributed by atoms with E-state index in [9.17, 15) is 43.8 Å². The number of ketones is 2. The number of hydrogen-bond donors (Lipinski definition) is 5. The van der Waals surface area contributed by atoms with E-state index < -0.39 is 89.3 Å². The molecule has 1 saturated carbocycles. The quantitative estimate of drug-likeness (QED) is 0.170. The van der Waals surface area contributed by atoms with Gasteiger partial charge in [-0.15, -0.1) is 0 Å². The second-order valence-corrected chi connectivity index (χ2v) is 12.9. The highest BCUT2D eigenvalue weighted by Crippen LogP contribution is 2.41. The molecule has 0 aromatic heterocycles. The third kappa shape index (κ3) is 8.56. The summed E-state index contributed by atoms with van der Waals surface area (Å²) in [6.45, 7) is 8.43. The molecule has 2 fully saturated rings. The van der Waals surface area contributed by atoms with Gasteiger partial charge in [0.05, 0.1) is 6.04 Å². The van der Waals surface area contributed by atoms with Gasteiger partial charge in [-0.05, 0) is 30.2 Å². The fourth-order valence-electron chi connectivity index (χ4n) is 6.15. The Morgan fingerprint density at radius 3 is 2.15 bits per heavy atom. The van der Waals surface area contributed by atoms with Crippen LogP contribution in [-0.2, 0) is 40.0 Å². The Morgan fingerprint density at radius 2 is 1.59 bits per heavy atom. The van der Waals surface area contributed by atoms with E-state index in [1.165, 1.54) is 4.90 Å². The fraction of sp³-hybridized carbons (Fsp3) is 0.606. The number of carboxylic acid groups (broad SMARTS) is 1. The van der Waals surface area contributed by atoms with Gasteiger partial charge in [0.25, 0.3) is 5.91 Å². The van der Waals surface area contributed by atoms with Crippen LogP contribution < -0.4 is 16.0 Å². The molecule has 2 aliphatic rings. The molecule has 1 aliphatic carbocycles. The van der Waals surface area contributed by atoms with Gasteiger partial charge in [-0.2, -0.15) is 0 Å². The second-order valence-electron chi connectivity index (χ2n) is 12.9. The van der Waals surface area contributed by atoms with Crippen LogP contribution in [0.25, 0.3) is 0 Å². The van der Waals surface area contributed by atoms with E-state index in [0.717, 1.165) is 0 Å². The number of aliphatic hydroxyl groups is 1. The maximum absolute atomic E-state index is 13.9. The zero-order chi connectivity index (χ0) is 34.3. The first-order valence-electron chi connectivity index (χ1n) is 15.9. The monoisotopic (exact) mass is 642 g/mol. The molecule has 0 radical (unpaired) electrons. The number of carbonyl (C=O) groups excluding carboxylic acids is 6. The van der Waals surface area contributed by atoms with Gasteiger partial charge in [-0.3, -0.25) is 28.8 Å². The Kier molecular flexibility index (Phi) is 12.6. The Hall–Kier alpha value is -4.13. The highest BCUT2D eigenvalue weighted by molar-refractivity contribution is 6.38. The van der Waals surface area contributed by atoms with Crippen LogP contribution in [0, 0.1) is 23.7 Å². The number of aliphatic carboxylic acids is 1. The van der Waals surface area contributed by atoms with Crippen molar-refractivity contribution in [2.45, 2.75) is 97.0 Å². The van der Waals surface area contributed by atoms with Crippen LogP contribution in [0.15, 0.2) is 30.3 Å². The van der Waals surface area contributed by atoms with Crippen LogP contribution in [-0.4, -0.2) is 93.1 Å². The molecular weight excluding hydrogens is 596 g/mol. The van der Waals surface area contributed by atoms with Gasteiger partial charge in [0.15, 0.2) is 0 Å². The molecule has 4 amide bonds. The number of carbonyl (C=O) groups is 7. The molecule has 3 rings (SSSR count). The number of Topliss-reactive ketones (excluding diaryl/α,β-unsaturated/α-hetero) is 2. The summed E-state index contributed by atoms with van der Waals surface area (Å²) in [6, 6.07) is 3.67. The topological polar surface area (TPSA) is 199 Å². The summed E-state index contributed by atoms with van der Waals surface area (Å²) in [5.74, 6) is -7.59. The summed E-state index contributed by atoms with van der Waals surface area (Å²) in [6.07, 6.45) is -0.355. The number of amides is 4. The molecule has 252 valence electrons. The van der Waals surface area contributed by atoms with Crippen molar-refractivity contribution >= 4 is 41.2 Å². The standard InChI is InChI=1S/C33H46N4O9/c1-6-10-22(28(40)31(43)35-23(33(45)46)15-19-11-8-7-9-12-19)34-29(41)26-20-13-14-24(38)21(20)16-37(26)32(44)25(17(2)3)36-30(42)27(39)18(4)5/h7-9,11-12,17-18,20-23,25-27,39H,6,10,13-16H2,1-5H3,(H,34,41)(H,35,43)(H,36,42)(H,45,46)/t20-,21-,22?,23-,25-,26-,27+/m0/s1. The number of nitrogens with zero attached hydrogens (tertiary/aromatic N) is 1. The normalized spacial score (nSPS) is 21.7. The molecule has 1 aliphatic heterocycles. The second kappa shape index (κ2) is 15.9. The number of benzene rings is 1.